The fraction of sp³-hybridized carbons (Fsp3) is 0.333. The molecule has 0 aliphatic carbocycles. The minimum absolute atomic E-state index is 0.228. The molecular formula is C3H5N3O2. The molecule has 0 heterocycles. The quantitative estimate of drug-likeness (QED) is 0.259. The Morgan fingerprint density at radius 2 is 2.62 bits per heavy atom. The molecule has 5 nitrogen and oxygen atoms in total. The van der Waals surface area contributed by atoms with Crippen LogP contribution in [0.3, 0.4) is 0 Å². The van der Waals surface area contributed by atoms with Crippen molar-refractivity contribution in [3.8, 4) is 6.19 Å². The number of carbonyl (C=O) groups is 1. The molecule has 0 aromatic heterocycles. The maximum Gasteiger partial charge on any atom is 0.346 e. The van der Waals surface area contributed by atoms with Gasteiger partial charge >= 0.3 is 5.97 Å². The molecule has 0 saturated carbocycles. The van der Waals surface area contributed by atoms with Gasteiger partial charge in [0.1, 0.15) is 0 Å². The van der Waals surface area contributed by atoms with Gasteiger partial charge in [0.15, 0.2) is 0 Å². The van der Waals surface area contributed by atoms with Gasteiger partial charge in [-0.2, -0.15) is 10.7 Å². The summed E-state index contributed by atoms with van der Waals surface area (Å²) < 4.78 is 0. The van der Waals surface area contributed by atoms with Crippen molar-refractivity contribution < 1.29 is 9.63 Å². The number of carbonyl (C=O) groups excluding carboxylic acids is 1. The van der Waals surface area contributed by atoms with Crippen LogP contribution >= 0.6 is 0 Å². The highest BCUT2D eigenvalue weighted by Crippen LogP contribution is 1.63. The Morgan fingerprint density at radius 3 is 3.00 bits per heavy atom. The SMILES string of the molecule is N#CNOC(=O)CN. The lowest BCUT2D eigenvalue weighted by atomic mass is 10.7. The molecule has 0 aromatic rings. The molecule has 0 rings (SSSR count). The summed E-state index contributed by atoms with van der Waals surface area (Å²) in [5.41, 5.74) is 6.46. The van der Waals surface area contributed by atoms with Crippen molar-refractivity contribution in [2.45, 2.75) is 0 Å². The zero-order valence-corrected chi connectivity index (χ0v) is 4.05. The number of hydrogen-bond acceptors (Lipinski definition) is 5. The van der Waals surface area contributed by atoms with Crippen LogP contribution in [0.2, 0.25) is 0 Å². The van der Waals surface area contributed by atoms with E-state index in [4.69, 9.17) is 11.0 Å². The Bertz CT molecular complexity index is 116. The van der Waals surface area contributed by atoms with Crippen LogP contribution in [0.5, 0.6) is 0 Å². The highest BCUT2D eigenvalue weighted by atomic mass is 16.7. The third-order valence-electron chi connectivity index (χ3n) is 0.377. The van der Waals surface area contributed by atoms with Crippen LogP contribution in [-0.2, 0) is 9.63 Å². The van der Waals surface area contributed by atoms with E-state index in [0.29, 0.717) is 0 Å². The molecular weight excluding hydrogens is 110 g/mol. The standard InChI is InChI=1S/C3H5N3O2/c4-1-3(7)8-6-2-5/h6H,1,4H2. The van der Waals surface area contributed by atoms with E-state index in [-0.39, 0.29) is 6.54 Å². The molecule has 8 heavy (non-hydrogen) atoms. The van der Waals surface area contributed by atoms with E-state index in [1.54, 1.807) is 5.48 Å². The first kappa shape index (κ1) is 6.72. The van der Waals surface area contributed by atoms with Crippen LogP contribution in [0.4, 0.5) is 0 Å². The van der Waals surface area contributed by atoms with Gasteiger partial charge in [-0.1, -0.05) is 0 Å². The zero-order valence-electron chi connectivity index (χ0n) is 4.05. The van der Waals surface area contributed by atoms with E-state index < -0.39 is 5.97 Å². The molecule has 0 atom stereocenters. The van der Waals surface area contributed by atoms with Crippen LogP contribution < -0.4 is 11.2 Å². The first-order chi connectivity index (χ1) is 3.81. The molecule has 0 radical (unpaired) electrons. The largest absolute Gasteiger partial charge is 0.346 e. The Balaban J connectivity index is 3.15. The lowest BCUT2D eigenvalue weighted by Gasteiger charge is -1.92. The summed E-state index contributed by atoms with van der Waals surface area (Å²) in [5.74, 6) is -0.661. The molecule has 5 heteroatoms. The molecule has 0 aromatic carbocycles. The third-order valence-corrected chi connectivity index (χ3v) is 0.377. The number of nitrogens with one attached hydrogen (secondary N) is 1. The smallest absolute Gasteiger partial charge is 0.333 e. The Hall–Kier alpha value is -1.28. The predicted molar refractivity (Wildman–Crippen MR) is 23.9 cm³/mol. The zero-order chi connectivity index (χ0) is 6.41. The number of hydrogen-bond donors (Lipinski definition) is 2. The summed E-state index contributed by atoms with van der Waals surface area (Å²) in [6, 6.07) is 0. The summed E-state index contributed by atoms with van der Waals surface area (Å²) >= 11 is 0. The normalized spacial score (nSPS) is 7.00. The van der Waals surface area contributed by atoms with Gasteiger partial charge in [0.05, 0.1) is 6.54 Å². The van der Waals surface area contributed by atoms with Crippen LogP contribution in [0.15, 0.2) is 0 Å². The maximum atomic E-state index is 10.0. The predicted octanol–water partition coefficient (Wildman–Crippen LogP) is -1.53. The number of nitriles is 1. The number of rotatable bonds is 2. The summed E-state index contributed by atoms with van der Waals surface area (Å²) in [7, 11) is 0. The fourth-order valence-electron chi connectivity index (χ4n) is 0.121. The first-order valence-electron chi connectivity index (χ1n) is 1.85. The van der Waals surface area contributed by atoms with E-state index in [1.165, 1.54) is 6.19 Å². The molecule has 0 unspecified atom stereocenters. The fourth-order valence-corrected chi connectivity index (χ4v) is 0.121. The molecule has 44 valence electrons. The average molecular weight is 115 g/mol. The van der Waals surface area contributed by atoms with Crippen molar-refractivity contribution in [3.63, 3.8) is 0 Å². The minimum atomic E-state index is -0.661. The second kappa shape index (κ2) is 3.89. The topological polar surface area (TPSA) is 88.1 Å². The number of nitrogens with zero attached hydrogens (tertiary/aromatic N) is 1. The number of hydroxylamine groups is 1. The number of nitrogens with two attached hydrogens (primary N) is 1. The molecule has 3 N–H and O–H groups in total. The van der Waals surface area contributed by atoms with Crippen molar-refractivity contribution in [3.05, 3.63) is 0 Å². The summed E-state index contributed by atoms with van der Waals surface area (Å²) in [5, 5.41) is 7.73. The first-order valence-corrected chi connectivity index (χ1v) is 1.85. The summed E-state index contributed by atoms with van der Waals surface area (Å²) in [6.45, 7) is -0.228. The lowest BCUT2D eigenvalue weighted by Crippen LogP contribution is -2.22. The lowest BCUT2D eigenvalue weighted by molar-refractivity contribution is -0.146. The molecule has 0 aliphatic heterocycles. The van der Waals surface area contributed by atoms with Crippen molar-refractivity contribution >= 4 is 5.97 Å². The van der Waals surface area contributed by atoms with Crippen LogP contribution in [0, 0.1) is 11.5 Å². The monoisotopic (exact) mass is 115 g/mol. The van der Waals surface area contributed by atoms with Gasteiger partial charge < -0.3 is 10.6 Å². The Labute approximate surface area is 46.0 Å². The summed E-state index contributed by atoms with van der Waals surface area (Å²) in [4.78, 5) is 14.0. The molecule has 0 aliphatic rings. The molecule has 0 bridgehead atoms. The van der Waals surface area contributed by atoms with Gasteiger partial charge in [-0.3, -0.25) is 0 Å². The highest BCUT2D eigenvalue weighted by Gasteiger charge is 1.93. The van der Waals surface area contributed by atoms with Gasteiger partial charge in [-0.15, -0.1) is 0 Å². The van der Waals surface area contributed by atoms with E-state index in [2.05, 4.69) is 4.84 Å². The van der Waals surface area contributed by atoms with Crippen molar-refractivity contribution in [2.75, 3.05) is 6.54 Å². The van der Waals surface area contributed by atoms with Crippen molar-refractivity contribution in [1.29, 1.82) is 5.26 Å². The van der Waals surface area contributed by atoms with Gasteiger partial charge in [-0.25, -0.2) is 4.79 Å². The Kier molecular flexibility index (Phi) is 3.27. The molecule has 0 spiro atoms. The van der Waals surface area contributed by atoms with E-state index in [0.717, 1.165) is 0 Å². The minimum Gasteiger partial charge on any atom is -0.333 e. The average Bonchev–Trinajstić information content (AvgIpc) is 1.83. The second-order valence-electron chi connectivity index (χ2n) is 0.892. The van der Waals surface area contributed by atoms with Gasteiger partial charge in [0.25, 0.3) is 0 Å². The maximum absolute atomic E-state index is 10.0. The van der Waals surface area contributed by atoms with E-state index >= 15 is 0 Å². The van der Waals surface area contributed by atoms with Crippen molar-refractivity contribution in [1.82, 2.24) is 5.48 Å². The van der Waals surface area contributed by atoms with Gasteiger partial charge in [0.2, 0.25) is 6.19 Å². The van der Waals surface area contributed by atoms with Crippen LogP contribution in [-0.4, -0.2) is 12.5 Å². The van der Waals surface area contributed by atoms with Gasteiger partial charge in [-0.05, 0) is 0 Å². The third kappa shape index (κ3) is 2.93. The van der Waals surface area contributed by atoms with Crippen LogP contribution in [0.25, 0.3) is 0 Å². The van der Waals surface area contributed by atoms with Gasteiger partial charge in [0, 0.05) is 0 Å². The highest BCUT2D eigenvalue weighted by molar-refractivity contribution is 5.70. The van der Waals surface area contributed by atoms with E-state index in [9.17, 15) is 4.79 Å². The molecule has 0 fully saturated rings. The summed E-state index contributed by atoms with van der Waals surface area (Å²) in [6.07, 6.45) is 1.38. The van der Waals surface area contributed by atoms with Crippen LogP contribution in [0.1, 0.15) is 0 Å². The Morgan fingerprint density at radius 1 is 2.00 bits per heavy atom. The second-order valence-corrected chi connectivity index (χ2v) is 0.892. The van der Waals surface area contributed by atoms with Crippen molar-refractivity contribution in [2.24, 2.45) is 5.73 Å². The van der Waals surface area contributed by atoms with E-state index in [1.807, 2.05) is 0 Å². The molecule has 0 amide bonds. The molecule has 0 saturated heterocycles.